The predicted molar refractivity (Wildman–Crippen MR) is 134 cm³/mol. The van der Waals surface area contributed by atoms with E-state index in [-0.39, 0.29) is 12.4 Å². The van der Waals surface area contributed by atoms with Crippen molar-refractivity contribution in [1.29, 1.82) is 5.26 Å². The van der Waals surface area contributed by atoms with Crippen LogP contribution < -0.4 is 15.4 Å². The topological polar surface area (TPSA) is 86.1 Å². The van der Waals surface area contributed by atoms with Crippen LogP contribution >= 0.6 is 24.0 Å². The summed E-state index contributed by atoms with van der Waals surface area (Å²) in [4.78, 5) is 11.4. The minimum atomic E-state index is 0. The molecule has 1 fully saturated rings. The van der Waals surface area contributed by atoms with Crippen molar-refractivity contribution in [3.05, 3.63) is 64.8 Å². The Bertz CT molecular complexity index is 1110. The molecule has 2 N–H and O–H groups in total. The summed E-state index contributed by atoms with van der Waals surface area (Å²) in [7, 11) is 0. The van der Waals surface area contributed by atoms with Crippen molar-refractivity contribution in [3.63, 3.8) is 0 Å². The number of nitriles is 1. The molecule has 1 aliphatic heterocycles. The zero-order valence-electron chi connectivity index (χ0n) is 18.3. The molecule has 2 heterocycles. The number of benzene rings is 2. The second-order valence-electron chi connectivity index (χ2n) is 7.70. The molecule has 1 aromatic heterocycles. The van der Waals surface area contributed by atoms with Gasteiger partial charge in [-0.25, -0.2) is 4.98 Å². The molecular weight excluding hydrogens is 459 g/mol. The Morgan fingerprint density at radius 1 is 1.09 bits per heavy atom. The van der Waals surface area contributed by atoms with Crippen molar-refractivity contribution < 1.29 is 4.74 Å². The third kappa shape index (κ3) is 6.72. The standard InChI is InChI=1S/C24H25ClN6O.ClH/c1-17-16-27-24(30-23(17)28-20-5-4-18(15-26)22(25)14-20)29-19-6-8-21(9-7-19)32-13-12-31-10-2-3-11-31;/h4-9,14,16H,2-3,10-13H2,1H3,(H2,27,28,29,30);1H. The average Bonchev–Trinajstić information content (AvgIpc) is 3.31. The van der Waals surface area contributed by atoms with Gasteiger partial charge in [0.05, 0.1) is 10.6 Å². The van der Waals surface area contributed by atoms with Gasteiger partial charge >= 0.3 is 0 Å². The van der Waals surface area contributed by atoms with Crippen LogP contribution in [0.25, 0.3) is 0 Å². The Morgan fingerprint density at radius 2 is 1.82 bits per heavy atom. The first-order chi connectivity index (χ1) is 15.6. The number of aromatic nitrogens is 2. The summed E-state index contributed by atoms with van der Waals surface area (Å²) < 4.78 is 5.86. The smallest absolute Gasteiger partial charge is 0.229 e. The molecule has 0 spiro atoms. The highest BCUT2D eigenvalue weighted by Gasteiger charge is 2.11. The zero-order valence-corrected chi connectivity index (χ0v) is 19.9. The maximum absolute atomic E-state index is 9.03. The number of hydrogen-bond acceptors (Lipinski definition) is 7. The van der Waals surface area contributed by atoms with Gasteiger partial charge in [-0.05, 0) is 75.3 Å². The number of anilines is 4. The van der Waals surface area contributed by atoms with Gasteiger partial charge in [-0.3, -0.25) is 4.90 Å². The van der Waals surface area contributed by atoms with Crippen LogP contribution in [0.1, 0.15) is 24.0 Å². The first-order valence-electron chi connectivity index (χ1n) is 10.6. The molecule has 7 nitrogen and oxygen atoms in total. The Morgan fingerprint density at radius 3 is 2.52 bits per heavy atom. The molecule has 0 unspecified atom stereocenters. The van der Waals surface area contributed by atoms with Crippen LogP contribution in [0.15, 0.2) is 48.7 Å². The molecule has 3 aromatic rings. The third-order valence-electron chi connectivity index (χ3n) is 5.31. The third-order valence-corrected chi connectivity index (χ3v) is 5.62. The Balaban J connectivity index is 0.00000306. The van der Waals surface area contributed by atoms with Gasteiger partial charge in [-0.1, -0.05) is 11.6 Å². The number of hydrogen-bond donors (Lipinski definition) is 2. The van der Waals surface area contributed by atoms with E-state index >= 15 is 0 Å². The van der Waals surface area contributed by atoms with Crippen molar-refractivity contribution in [2.75, 3.05) is 36.9 Å². The molecule has 1 aliphatic rings. The lowest BCUT2D eigenvalue weighted by atomic mass is 10.2. The van der Waals surface area contributed by atoms with Crippen LogP contribution in [0.4, 0.5) is 23.1 Å². The van der Waals surface area contributed by atoms with Crippen LogP contribution in [0.3, 0.4) is 0 Å². The lowest BCUT2D eigenvalue weighted by Gasteiger charge is -2.15. The van der Waals surface area contributed by atoms with E-state index < -0.39 is 0 Å². The van der Waals surface area contributed by atoms with Gasteiger partial charge in [0.25, 0.3) is 0 Å². The van der Waals surface area contributed by atoms with E-state index in [2.05, 4.69) is 31.6 Å². The Labute approximate surface area is 205 Å². The molecule has 9 heteroatoms. The van der Waals surface area contributed by atoms with Gasteiger partial charge in [0.15, 0.2) is 0 Å². The van der Waals surface area contributed by atoms with E-state index in [9.17, 15) is 0 Å². The van der Waals surface area contributed by atoms with Gasteiger partial charge in [0.2, 0.25) is 5.95 Å². The van der Waals surface area contributed by atoms with Gasteiger partial charge in [-0.2, -0.15) is 10.2 Å². The summed E-state index contributed by atoms with van der Waals surface area (Å²) in [6, 6.07) is 15.0. The molecule has 0 aliphatic carbocycles. The van der Waals surface area contributed by atoms with Gasteiger partial charge in [0, 0.05) is 29.7 Å². The molecule has 33 heavy (non-hydrogen) atoms. The minimum Gasteiger partial charge on any atom is -0.492 e. The van der Waals surface area contributed by atoms with E-state index in [0.29, 0.717) is 29.0 Å². The summed E-state index contributed by atoms with van der Waals surface area (Å²) in [5, 5.41) is 15.9. The van der Waals surface area contributed by atoms with Crippen molar-refractivity contribution in [2.45, 2.75) is 19.8 Å². The van der Waals surface area contributed by atoms with Crippen LogP contribution in [-0.2, 0) is 0 Å². The lowest BCUT2D eigenvalue weighted by molar-refractivity contribution is 0.238. The molecular formula is C24H26Cl2N6O. The van der Waals surface area contributed by atoms with Gasteiger partial charge < -0.3 is 15.4 Å². The van der Waals surface area contributed by atoms with Crippen molar-refractivity contribution in [3.8, 4) is 11.8 Å². The van der Waals surface area contributed by atoms with Crippen molar-refractivity contribution in [1.82, 2.24) is 14.9 Å². The number of likely N-dealkylation sites (tertiary alicyclic amines) is 1. The normalized spacial score (nSPS) is 13.1. The highest BCUT2D eigenvalue weighted by Crippen LogP contribution is 2.25. The number of ether oxygens (including phenoxy) is 1. The minimum absolute atomic E-state index is 0. The largest absolute Gasteiger partial charge is 0.492 e. The molecule has 172 valence electrons. The van der Waals surface area contributed by atoms with E-state index in [1.54, 1.807) is 24.4 Å². The zero-order chi connectivity index (χ0) is 22.3. The van der Waals surface area contributed by atoms with Crippen LogP contribution in [-0.4, -0.2) is 41.1 Å². The summed E-state index contributed by atoms with van der Waals surface area (Å²) in [6.45, 7) is 5.95. The van der Waals surface area contributed by atoms with E-state index in [0.717, 1.165) is 29.2 Å². The molecule has 0 atom stereocenters. The quantitative estimate of drug-likeness (QED) is 0.424. The van der Waals surface area contributed by atoms with Crippen LogP contribution in [0, 0.1) is 18.3 Å². The van der Waals surface area contributed by atoms with Gasteiger partial charge in [0.1, 0.15) is 24.2 Å². The molecule has 4 rings (SSSR count). The number of nitrogens with zero attached hydrogens (tertiary/aromatic N) is 4. The SMILES string of the molecule is Cc1cnc(Nc2ccc(OCCN3CCCC3)cc2)nc1Nc1ccc(C#N)c(Cl)c1.Cl. The van der Waals surface area contributed by atoms with Crippen molar-refractivity contribution in [2.24, 2.45) is 0 Å². The fraction of sp³-hybridized carbons (Fsp3) is 0.292. The Kier molecular flexibility index (Phi) is 8.72. The van der Waals surface area contributed by atoms with Crippen molar-refractivity contribution >= 4 is 47.1 Å². The highest BCUT2D eigenvalue weighted by atomic mass is 35.5. The first-order valence-corrected chi connectivity index (χ1v) is 11.0. The average molecular weight is 485 g/mol. The molecule has 1 saturated heterocycles. The second kappa shape index (κ2) is 11.7. The summed E-state index contributed by atoms with van der Waals surface area (Å²) in [6.07, 6.45) is 4.33. The van der Waals surface area contributed by atoms with Crippen LogP contribution in [0.5, 0.6) is 5.75 Å². The number of aryl methyl sites for hydroxylation is 1. The monoisotopic (exact) mass is 484 g/mol. The Hall–Kier alpha value is -3.05. The van der Waals surface area contributed by atoms with Gasteiger partial charge in [-0.15, -0.1) is 12.4 Å². The molecule has 0 radical (unpaired) electrons. The fourth-order valence-corrected chi connectivity index (χ4v) is 3.73. The van der Waals surface area contributed by atoms with E-state index in [1.807, 2.05) is 31.2 Å². The molecule has 0 bridgehead atoms. The maximum Gasteiger partial charge on any atom is 0.229 e. The molecule has 0 saturated carbocycles. The molecule has 0 amide bonds. The van der Waals surface area contributed by atoms with E-state index in [4.69, 9.17) is 21.6 Å². The second-order valence-corrected chi connectivity index (χ2v) is 8.11. The maximum atomic E-state index is 9.03. The lowest BCUT2D eigenvalue weighted by Crippen LogP contribution is -2.25. The fourth-order valence-electron chi connectivity index (χ4n) is 3.51. The number of halogens is 2. The highest BCUT2D eigenvalue weighted by molar-refractivity contribution is 6.32. The summed E-state index contributed by atoms with van der Waals surface area (Å²) in [5.41, 5.74) is 2.94. The number of nitrogens with one attached hydrogen (secondary N) is 2. The van der Waals surface area contributed by atoms with Crippen LogP contribution in [0.2, 0.25) is 5.02 Å². The predicted octanol–water partition coefficient (Wildman–Crippen LogP) is 5.69. The van der Waals surface area contributed by atoms with E-state index in [1.165, 1.54) is 25.9 Å². The summed E-state index contributed by atoms with van der Waals surface area (Å²) in [5.74, 6) is 1.98. The molecule has 2 aromatic carbocycles. The number of rotatable bonds is 8. The summed E-state index contributed by atoms with van der Waals surface area (Å²) >= 11 is 6.13. The first kappa shape index (κ1) is 24.6.